The Bertz CT molecular complexity index is 310. The Kier molecular flexibility index (Phi) is 2.71. The summed E-state index contributed by atoms with van der Waals surface area (Å²) in [5.41, 5.74) is 0.156. The first-order chi connectivity index (χ1) is 6.72. The molecule has 14 heavy (non-hydrogen) atoms. The van der Waals surface area contributed by atoms with Gasteiger partial charge in [-0.15, -0.1) is 11.3 Å². The number of aliphatic hydroxyl groups excluding tert-OH is 1. The molecule has 1 aromatic rings. The first-order valence-electron chi connectivity index (χ1n) is 4.73. The Labute approximate surface area is 86.6 Å². The van der Waals surface area contributed by atoms with E-state index in [4.69, 9.17) is 5.11 Å². The van der Waals surface area contributed by atoms with Crippen molar-refractivity contribution in [3.8, 4) is 0 Å². The van der Waals surface area contributed by atoms with Crippen LogP contribution in [0.25, 0.3) is 0 Å². The molecule has 3 N–H and O–H groups in total. The van der Waals surface area contributed by atoms with Gasteiger partial charge in [0.25, 0.3) is 0 Å². The summed E-state index contributed by atoms with van der Waals surface area (Å²) >= 11 is 1.46. The largest absolute Gasteiger partial charge is 0.390 e. The summed E-state index contributed by atoms with van der Waals surface area (Å²) in [5, 5.41) is 24.3. The zero-order valence-corrected chi connectivity index (χ0v) is 8.68. The molecule has 0 saturated heterocycles. The van der Waals surface area contributed by atoms with Crippen LogP contribution in [-0.4, -0.2) is 27.3 Å². The summed E-state index contributed by atoms with van der Waals surface area (Å²) < 4.78 is 0. The molecule has 1 fully saturated rings. The minimum absolute atomic E-state index is 0.0253. The van der Waals surface area contributed by atoms with E-state index in [1.165, 1.54) is 11.3 Å². The second kappa shape index (κ2) is 3.84. The number of aliphatic hydroxyl groups is 2. The number of hydrogen-bond acceptors (Lipinski definition) is 5. The van der Waals surface area contributed by atoms with Crippen molar-refractivity contribution in [2.75, 3.05) is 11.9 Å². The molecule has 0 unspecified atom stereocenters. The summed E-state index contributed by atoms with van der Waals surface area (Å²) in [6.07, 6.45) is 2.86. The monoisotopic (exact) mass is 214 g/mol. The van der Waals surface area contributed by atoms with Crippen LogP contribution in [0.3, 0.4) is 0 Å². The maximum Gasteiger partial charge on any atom is 0.183 e. The lowest BCUT2D eigenvalue weighted by atomic mass is 9.80. The van der Waals surface area contributed by atoms with Gasteiger partial charge >= 0.3 is 0 Å². The number of rotatable bonds is 4. The third-order valence-electron chi connectivity index (χ3n) is 2.57. The first-order valence-corrected chi connectivity index (χ1v) is 5.61. The molecule has 1 aromatic heterocycles. The summed E-state index contributed by atoms with van der Waals surface area (Å²) in [4.78, 5) is 4.14. The van der Waals surface area contributed by atoms with Gasteiger partial charge in [-0.25, -0.2) is 4.98 Å². The molecule has 5 heteroatoms. The van der Waals surface area contributed by atoms with Crippen LogP contribution in [0.4, 0.5) is 5.13 Å². The van der Waals surface area contributed by atoms with Gasteiger partial charge in [0, 0.05) is 11.9 Å². The molecule has 2 rings (SSSR count). The number of anilines is 1. The summed E-state index contributed by atoms with van der Waals surface area (Å²) in [7, 11) is 0. The molecule has 0 amide bonds. The van der Waals surface area contributed by atoms with Crippen molar-refractivity contribution in [2.24, 2.45) is 0 Å². The molecule has 4 nitrogen and oxygen atoms in total. The fraction of sp³-hybridized carbons (Fsp3) is 0.667. The van der Waals surface area contributed by atoms with Gasteiger partial charge in [-0.05, 0) is 19.3 Å². The second-order valence-electron chi connectivity index (χ2n) is 3.73. The molecule has 0 bridgehead atoms. The maximum absolute atomic E-state index is 9.80. The molecule has 78 valence electrons. The zero-order chi connectivity index (χ0) is 10.0. The van der Waals surface area contributed by atoms with E-state index < -0.39 is 5.60 Å². The highest BCUT2D eigenvalue weighted by Gasteiger charge is 2.34. The molecular formula is C9H14N2O2S. The number of hydrogen-bond donors (Lipinski definition) is 3. The van der Waals surface area contributed by atoms with Crippen molar-refractivity contribution >= 4 is 16.5 Å². The minimum Gasteiger partial charge on any atom is -0.390 e. The van der Waals surface area contributed by atoms with Crippen LogP contribution in [0, 0.1) is 0 Å². The van der Waals surface area contributed by atoms with E-state index in [2.05, 4.69) is 10.3 Å². The van der Waals surface area contributed by atoms with Crippen LogP contribution < -0.4 is 5.32 Å². The zero-order valence-electron chi connectivity index (χ0n) is 7.86. The summed E-state index contributed by atoms with van der Waals surface area (Å²) in [6.45, 7) is 0.536. The lowest BCUT2D eigenvalue weighted by Gasteiger charge is -2.36. The van der Waals surface area contributed by atoms with Crippen LogP contribution in [-0.2, 0) is 6.61 Å². The maximum atomic E-state index is 9.80. The van der Waals surface area contributed by atoms with E-state index in [-0.39, 0.29) is 6.61 Å². The third kappa shape index (κ3) is 2.05. The highest BCUT2D eigenvalue weighted by atomic mass is 32.1. The molecule has 0 aliphatic heterocycles. The number of nitrogens with one attached hydrogen (secondary N) is 1. The van der Waals surface area contributed by atoms with Crippen molar-refractivity contribution in [1.29, 1.82) is 0 Å². The van der Waals surface area contributed by atoms with E-state index in [1.807, 2.05) is 5.38 Å². The van der Waals surface area contributed by atoms with Gasteiger partial charge < -0.3 is 15.5 Å². The SMILES string of the molecule is OCc1csc(NCC2(O)CCC2)n1. The highest BCUT2D eigenvalue weighted by Crippen LogP contribution is 2.31. The topological polar surface area (TPSA) is 65.4 Å². The molecule has 0 aromatic carbocycles. The van der Waals surface area contributed by atoms with E-state index in [9.17, 15) is 5.11 Å². The summed E-state index contributed by atoms with van der Waals surface area (Å²) in [6, 6.07) is 0. The fourth-order valence-electron chi connectivity index (χ4n) is 1.46. The lowest BCUT2D eigenvalue weighted by molar-refractivity contribution is -0.0202. The van der Waals surface area contributed by atoms with Gasteiger partial charge in [-0.3, -0.25) is 0 Å². The molecule has 0 radical (unpaired) electrons. The minimum atomic E-state index is -0.523. The second-order valence-corrected chi connectivity index (χ2v) is 4.59. The van der Waals surface area contributed by atoms with Gasteiger partial charge in [0.1, 0.15) is 0 Å². The van der Waals surface area contributed by atoms with E-state index >= 15 is 0 Å². The van der Waals surface area contributed by atoms with Gasteiger partial charge in [0.15, 0.2) is 5.13 Å². The van der Waals surface area contributed by atoms with Gasteiger partial charge in [0.05, 0.1) is 17.9 Å². The Hall–Kier alpha value is -0.650. The molecule has 1 heterocycles. The highest BCUT2D eigenvalue weighted by molar-refractivity contribution is 7.13. The predicted molar refractivity (Wildman–Crippen MR) is 55.3 cm³/mol. The van der Waals surface area contributed by atoms with Crippen LogP contribution >= 0.6 is 11.3 Å². The van der Waals surface area contributed by atoms with Crippen LogP contribution in [0.2, 0.25) is 0 Å². The first kappa shape index (κ1) is 9.89. The molecule has 0 atom stereocenters. The fourth-order valence-corrected chi connectivity index (χ4v) is 2.16. The average molecular weight is 214 g/mol. The Balaban J connectivity index is 1.85. The van der Waals surface area contributed by atoms with Crippen molar-refractivity contribution in [3.63, 3.8) is 0 Å². The number of thiazole rings is 1. The van der Waals surface area contributed by atoms with Gasteiger partial charge in [0.2, 0.25) is 0 Å². The smallest absolute Gasteiger partial charge is 0.183 e. The molecular weight excluding hydrogens is 200 g/mol. The Morgan fingerprint density at radius 1 is 1.57 bits per heavy atom. The summed E-state index contributed by atoms with van der Waals surface area (Å²) in [5.74, 6) is 0. The van der Waals surface area contributed by atoms with E-state index in [0.717, 1.165) is 24.4 Å². The third-order valence-corrected chi connectivity index (χ3v) is 3.42. The quantitative estimate of drug-likeness (QED) is 0.698. The molecule has 1 aliphatic rings. The van der Waals surface area contributed by atoms with E-state index in [0.29, 0.717) is 12.2 Å². The molecule has 1 saturated carbocycles. The van der Waals surface area contributed by atoms with Crippen molar-refractivity contribution in [1.82, 2.24) is 4.98 Å². The molecule has 1 aliphatic carbocycles. The Morgan fingerprint density at radius 2 is 2.36 bits per heavy atom. The van der Waals surface area contributed by atoms with Crippen LogP contribution in [0.15, 0.2) is 5.38 Å². The molecule has 0 spiro atoms. The van der Waals surface area contributed by atoms with Gasteiger partial charge in [-0.2, -0.15) is 0 Å². The number of nitrogens with zero attached hydrogens (tertiary/aromatic N) is 1. The average Bonchev–Trinajstić information content (AvgIpc) is 2.59. The van der Waals surface area contributed by atoms with Crippen molar-refractivity contribution in [3.05, 3.63) is 11.1 Å². The van der Waals surface area contributed by atoms with Crippen LogP contribution in [0.1, 0.15) is 25.0 Å². The van der Waals surface area contributed by atoms with Crippen molar-refractivity contribution in [2.45, 2.75) is 31.5 Å². The predicted octanol–water partition coefficient (Wildman–Crippen LogP) is 0.962. The van der Waals surface area contributed by atoms with Gasteiger partial charge in [-0.1, -0.05) is 0 Å². The number of aromatic nitrogens is 1. The van der Waals surface area contributed by atoms with E-state index in [1.54, 1.807) is 0 Å². The van der Waals surface area contributed by atoms with Crippen LogP contribution in [0.5, 0.6) is 0 Å². The van der Waals surface area contributed by atoms with Crippen molar-refractivity contribution < 1.29 is 10.2 Å². The Morgan fingerprint density at radius 3 is 2.86 bits per heavy atom. The standard InChI is InChI=1S/C9H14N2O2S/c12-4-7-5-14-8(11-7)10-6-9(13)2-1-3-9/h5,12-13H,1-4,6H2,(H,10,11). The normalized spacial score (nSPS) is 19.0. The lowest BCUT2D eigenvalue weighted by Crippen LogP contribution is -2.43.